The van der Waals surface area contributed by atoms with Crippen molar-refractivity contribution in [2.24, 2.45) is 0 Å². The maximum absolute atomic E-state index is 12.0. The summed E-state index contributed by atoms with van der Waals surface area (Å²) in [5.41, 5.74) is 0.807. The normalized spacial score (nSPS) is 10.3. The number of nitrogens with one attached hydrogen (secondary N) is 2. The average Bonchev–Trinajstić information content (AvgIpc) is 2.51. The molecule has 0 saturated heterocycles. The lowest BCUT2D eigenvalue weighted by atomic mass is 10.2. The standard InChI is InChI=1S/C17H17ClN2O3/c1-11(2)23-15-10-6-5-9-14(15)20-17(22)16(21)19-13-8-4-3-7-12(13)18/h3-11H,1-2H3,(H,19,21)(H,20,22). The van der Waals surface area contributed by atoms with Crippen LogP contribution in [0.25, 0.3) is 0 Å². The monoisotopic (exact) mass is 332 g/mol. The third-order valence-corrected chi connectivity index (χ3v) is 3.16. The SMILES string of the molecule is CC(C)Oc1ccccc1NC(=O)C(=O)Nc1ccccc1Cl. The number of rotatable bonds is 4. The molecule has 0 saturated carbocycles. The fourth-order valence-corrected chi connectivity index (χ4v) is 2.03. The smallest absolute Gasteiger partial charge is 0.314 e. The zero-order chi connectivity index (χ0) is 16.8. The number of carbonyl (C=O) groups is 2. The number of ether oxygens (including phenoxy) is 1. The number of benzene rings is 2. The van der Waals surface area contributed by atoms with E-state index in [0.717, 1.165) is 0 Å². The maximum Gasteiger partial charge on any atom is 0.314 e. The highest BCUT2D eigenvalue weighted by Gasteiger charge is 2.17. The van der Waals surface area contributed by atoms with Gasteiger partial charge in [0.2, 0.25) is 0 Å². The van der Waals surface area contributed by atoms with Gasteiger partial charge in [-0.1, -0.05) is 35.9 Å². The van der Waals surface area contributed by atoms with E-state index in [0.29, 0.717) is 22.1 Å². The Morgan fingerprint density at radius 2 is 1.43 bits per heavy atom. The van der Waals surface area contributed by atoms with Crippen LogP contribution in [0, 0.1) is 0 Å². The van der Waals surface area contributed by atoms with Gasteiger partial charge in [0, 0.05) is 0 Å². The topological polar surface area (TPSA) is 67.4 Å². The van der Waals surface area contributed by atoms with Crippen LogP contribution in [0.4, 0.5) is 11.4 Å². The molecule has 2 aromatic rings. The summed E-state index contributed by atoms with van der Waals surface area (Å²) in [5, 5.41) is 5.36. The second-order valence-electron chi connectivity index (χ2n) is 5.05. The fourth-order valence-electron chi connectivity index (χ4n) is 1.85. The lowest BCUT2D eigenvalue weighted by molar-refractivity contribution is -0.133. The Kier molecular flexibility index (Phi) is 5.60. The number of hydrogen-bond donors (Lipinski definition) is 2. The van der Waals surface area contributed by atoms with E-state index in [1.54, 1.807) is 48.5 Å². The van der Waals surface area contributed by atoms with Crippen LogP contribution < -0.4 is 15.4 Å². The van der Waals surface area contributed by atoms with Gasteiger partial charge in [-0.25, -0.2) is 0 Å². The lowest BCUT2D eigenvalue weighted by Crippen LogP contribution is -2.29. The first-order valence-electron chi connectivity index (χ1n) is 7.10. The molecule has 120 valence electrons. The molecule has 5 nitrogen and oxygen atoms in total. The summed E-state index contributed by atoms with van der Waals surface area (Å²) in [6, 6.07) is 13.6. The number of para-hydroxylation sites is 3. The summed E-state index contributed by atoms with van der Waals surface area (Å²) in [4.78, 5) is 24.0. The molecule has 0 unspecified atom stereocenters. The highest BCUT2D eigenvalue weighted by Crippen LogP contribution is 2.25. The summed E-state index contributed by atoms with van der Waals surface area (Å²) >= 11 is 5.95. The summed E-state index contributed by atoms with van der Waals surface area (Å²) in [6.45, 7) is 3.76. The van der Waals surface area contributed by atoms with Crippen molar-refractivity contribution in [3.8, 4) is 5.75 Å². The minimum absolute atomic E-state index is 0.0509. The first kappa shape index (κ1) is 16.8. The fraction of sp³-hybridized carbons (Fsp3) is 0.176. The molecule has 2 amide bonds. The molecule has 0 atom stereocenters. The Morgan fingerprint density at radius 1 is 0.913 bits per heavy atom. The highest BCUT2D eigenvalue weighted by atomic mass is 35.5. The number of anilines is 2. The molecule has 0 aliphatic rings. The van der Waals surface area contributed by atoms with E-state index in [-0.39, 0.29) is 6.10 Å². The first-order chi connectivity index (χ1) is 11.0. The van der Waals surface area contributed by atoms with Gasteiger partial charge >= 0.3 is 11.8 Å². The molecule has 0 aromatic heterocycles. The summed E-state index contributed by atoms with van der Waals surface area (Å²) in [5.74, 6) is -1.11. The van der Waals surface area contributed by atoms with Crippen molar-refractivity contribution in [3.63, 3.8) is 0 Å². The Morgan fingerprint density at radius 3 is 2.04 bits per heavy atom. The van der Waals surface area contributed by atoms with E-state index in [4.69, 9.17) is 16.3 Å². The van der Waals surface area contributed by atoms with Crippen LogP contribution in [-0.4, -0.2) is 17.9 Å². The van der Waals surface area contributed by atoms with Crippen molar-refractivity contribution in [2.75, 3.05) is 10.6 Å². The van der Waals surface area contributed by atoms with Gasteiger partial charge in [0.05, 0.1) is 22.5 Å². The third-order valence-electron chi connectivity index (χ3n) is 2.83. The van der Waals surface area contributed by atoms with Gasteiger partial charge < -0.3 is 15.4 Å². The average molecular weight is 333 g/mol. The van der Waals surface area contributed by atoms with Gasteiger partial charge in [0.1, 0.15) is 5.75 Å². The Hall–Kier alpha value is -2.53. The largest absolute Gasteiger partial charge is 0.489 e. The second-order valence-corrected chi connectivity index (χ2v) is 5.46. The zero-order valence-corrected chi connectivity index (χ0v) is 13.6. The summed E-state index contributed by atoms with van der Waals surface area (Å²) < 4.78 is 5.60. The molecule has 0 spiro atoms. The van der Waals surface area contributed by atoms with E-state index < -0.39 is 11.8 Å². The highest BCUT2D eigenvalue weighted by molar-refractivity contribution is 6.44. The van der Waals surface area contributed by atoms with E-state index in [1.807, 2.05) is 13.8 Å². The van der Waals surface area contributed by atoms with Gasteiger partial charge in [0.25, 0.3) is 0 Å². The van der Waals surface area contributed by atoms with Crippen molar-refractivity contribution in [1.29, 1.82) is 0 Å². The molecular formula is C17H17ClN2O3. The van der Waals surface area contributed by atoms with Gasteiger partial charge in [0.15, 0.2) is 0 Å². The van der Waals surface area contributed by atoms with E-state index >= 15 is 0 Å². The van der Waals surface area contributed by atoms with Gasteiger partial charge in [-0.05, 0) is 38.1 Å². The van der Waals surface area contributed by atoms with Gasteiger partial charge in [-0.3, -0.25) is 9.59 Å². The van der Waals surface area contributed by atoms with E-state index in [2.05, 4.69) is 10.6 Å². The number of hydrogen-bond acceptors (Lipinski definition) is 3. The molecule has 0 heterocycles. The van der Waals surface area contributed by atoms with Crippen molar-refractivity contribution >= 4 is 34.8 Å². The number of halogens is 1. The van der Waals surface area contributed by atoms with Crippen LogP contribution in [0.3, 0.4) is 0 Å². The predicted octanol–water partition coefficient (Wildman–Crippen LogP) is 3.70. The minimum Gasteiger partial charge on any atom is -0.489 e. The third kappa shape index (κ3) is 4.72. The lowest BCUT2D eigenvalue weighted by Gasteiger charge is -2.14. The van der Waals surface area contributed by atoms with E-state index in [9.17, 15) is 9.59 Å². The van der Waals surface area contributed by atoms with Gasteiger partial charge in [-0.2, -0.15) is 0 Å². The molecular weight excluding hydrogens is 316 g/mol. The zero-order valence-electron chi connectivity index (χ0n) is 12.8. The van der Waals surface area contributed by atoms with Gasteiger partial charge in [-0.15, -0.1) is 0 Å². The van der Waals surface area contributed by atoms with Crippen LogP contribution in [0.2, 0.25) is 5.02 Å². The number of amides is 2. The van der Waals surface area contributed by atoms with Crippen LogP contribution in [-0.2, 0) is 9.59 Å². The van der Waals surface area contributed by atoms with E-state index in [1.165, 1.54) is 0 Å². The van der Waals surface area contributed by atoms with Crippen LogP contribution >= 0.6 is 11.6 Å². The summed E-state index contributed by atoms with van der Waals surface area (Å²) in [6.07, 6.45) is -0.0509. The maximum atomic E-state index is 12.0. The van der Waals surface area contributed by atoms with Crippen molar-refractivity contribution in [3.05, 3.63) is 53.6 Å². The minimum atomic E-state index is -0.808. The molecule has 0 fully saturated rings. The Balaban J connectivity index is 2.07. The van der Waals surface area contributed by atoms with Crippen LogP contribution in [0.15, 0.2) is 48.5 Å². The van der Waals surface area contributed by atoms with Crippen molar-refractivity contribution in [2.45, 2.75) is 20.0 Å². The quantitative estimate of drug-likeness (QED) is 0.839. The van der Waals surface area contributed by atoms with Crippen molar-refractivity contribution < 1.29 is 14.3 Å². The molecule has 0 aliphatic carbocycles. The molecule has 0 radical (unpaired) electrons. The molecule has 0 bridgehead atoms. The molecule has 2 N–H and O–H groups in total. The second kappa shape index (κ2) is 7.65. The Bertz CT molecular complexity index is 716. The molecule has 2 rings (SSSR count). The predicted molar refractivity (Wildman–Crippen MR) is 90.9 cm³/mol. The molecule has 0 aliphatic heterocycles. The van der Waals surface area contributed by atoms with Crippen LogP contribution in [0.1, 0.15) is 13.8 Å². The van der Waals surface area contributed by atoms with Crippen LogP contribution in [0.5, 0.6) is 5.75 Å². The molecule has 2 aromatic carbocycles. The van der Waals surface area contributed by atoms with Crippen molar-refractivity contribution in [1.82, 2.24) is 0 Å². The molecule has 23 heavy (non-hydrogen) atoms. The number of carbonyl (C=O) groups excluding carboxylic acids is 2. The summed E-state index contributed by atoms with van der Waals surface area (Å²) in [7, 11) is 0. The Labute approximate surface area is 139 Å². The first-order valence-corrected chi connectivity index (χ1v) is 7.47. The molecule has 6 heteroatoms.